The van der Waals surface area contributed by atoms with E-state index < -0.39 is 0 Å². The maximum Gasteiger partial charge on any atom is 0.255 e. The third kappa shape index (κ3) is 5.50. The van der Waals surface area contributed by atoms with Crippen molar-refractivity contribution in [1.29, 1.82) is 0 Å². The van der Waals surface area contributed by atoms with Gasteiger partial charge in [-0.2, -0.15) is 0 Å². The number of ether oxygens (including phenoxy) is 1. The van der Waals surface area contributed by atoms with Gasteiger partial charge in [-0.05, 0) is 97.8 Å². The molecule has 1 aliphatic carbocycles. The Labute approximate surface area is 221 Å². The van der Waals surface area contributed by atoms with Gasteiger partial charge in [0.25, 0.3) is 5.91 Å². The molecular formula is C26H28Br2N2O3S. The third-order valence-corrected chi connectivity index (χ3v) is 8.60. The molecule has 0 bridgehead atoms. The molecule has 5 nitrogen and oxygen atoms in total. The molecule has 0 radical (unpaired) electrons. The Balaban J connectivity index is 1.67. The molecule has 1 amide bonds. The molecule has 2 aromatic heterocycles. The topological polar surface area (TPSA) is 63.8 Å². The van der Waals surface area contributed by atoms with Crippen molar-refractivity contribution in [1.82, 2.24) is 5.32 Å². The molecule has 34 heavy (non-hydrogen) atoms. The van der Waals surface area contributed by atoms with Gasteiger partial charge in [-0.1, -0.05) is 20.8 Å². The van der Waals surface area contributed by atoms with Crippen LogP contribution in [0.5, 0.6) is 5.75 Å². The van der Waals surface area contributed by atoms with Gasteiger partial charge in [-0.15, -0.1) is 11.3 Å². The van der Waals surface area contributed by atoms with E-state index in [2.05, 4.69) is 57.9 Å². The van der Waals surface area contributed by atoms with E-state index in [1.54, 1.807) is 30.9 Å². The number of methoxy groups -OCH3 is 1. The molecule has 8 heteroatoms. The third-order valence-electron chi connectivity index (χ3n) is 6.26. The second kappa shape index (κ2) is 10.4. The second-order valence-corrected chi connectivity index (χ2v) is 12.3. The Morgan fingerprint density at radius 3 is 2.68 bits per heavy atom. The van der Waals surface area contributed by atoms with Gasteiger partial charge in [0.15, 0.2) is 0 Å². The van der Waals surface area contributed by atoms with Crippen LogP contribution < -0.4 is 10.1 Å². The summed E-state index contributed by atoms with van der Waals surface area (Å²) in [5, 5.41) is 3.77. The van der Waals surface area contributed by atoms with Gasteiger partial charge in [-0.25, -0.2) is 4.99 Å². The number of halogens is 2. The zero-order valence-electron chi connectivity index (χ0n) is 19.7. The van der Waals surface area contributed by atoms with Gasteiger partial charge in [0.05, 0.1) is 34.4 Å². The summed E-state index contributed by atoms with van der Waals surface area (Å²) < 4.78 is 12.4. The normalized spacial score (nSPS) is 16.0. The Morgan fingerprint density at radius 2 is 2.06 bits per heavy atom. The number of aliphatic imine (C=N–C) groups is 1. The number of hydrogen-bond acceptors (Lipinski definition) is 5. The first-order valence-electron chi connectivity index (χ1n) is 11.2. The van der Waals surface area contributed by atoms with Crippen LogP contribution in [-0.4, -0.2) is 19.2 Å². The van der Waals surface area contributed by atoms with E-state index in [4.69, 9.17) is 14.1 Å². The van der Waals surface area contributed by atoms with Gasteiger partial charge in [0.2, 0.25) is 0 Å². The predicted molar refractivity (Wildman–Crippen MR) is 145 cm³/mol. The van der Waals surface area contributed by atoms with Crippen LogP contribution in [0.2, 0.25) is 0 Å². The Hall–Kier alpha value is -1.90. The van der Waals surface area contributed by atoms with Crippen LogP contribution >= 0.6 is 43.2 Å². The highest BCUT2D eigenvalue weighted by molar-refractivity contribution is 9.11. The minimum Gasteiger partial charge on any atom is -0.494 e. The zero-order chi connectivity index (χ0) is 24.5. The molecule has 1 aromatic carbocycles. The second-order valence-electron chi connectivity index (χ2n) is 9.53. The largest absolute Gasteiger partial charge is 0.494 e. The van der Waals surface area contributed by atoms with Crippen LogP contribution in [0, 0.1) is 11.3 Å². The van der Waals surface area contributed by atoms with Crippen LogP contribution in [-0.2, 0) is 19.4 Å². The molecule has 4 rings (SSSR count). The van der Waals surface area contributed by atoms with E-state index in [9.17, 15) is 4.79 Å². The summed E-state index contributed by atoms with van der Waals surface area (Å²) in [7, 11) is 1.63. The number of carbonyl (C=O) groups excluding carboxylic acids is 1. The molecule has 0 spiro atoms. The standard InChI is InChI=1S/C26H28Br2N2O3S/c1-26(2,3)16-7-8-18-21(12-16)34-25(22(18)24(31)29-14-17-6-5-9-33-17)30-13-15-10-19(27)23(32-4)20(28)11-15/h5-6,9-11,13,16H,7-8,12,14H2,1-4H3,(H,29,31)/t16-/m1/s1. The van der Waals surface area contributed by atoms with Crippen LogP contribution in [0.25, 0.3) is 0 Å². The number of thiophene rings is 1. The molecule has 1 N–H and O–H groups in total. The van der Waals surface area contributed by atoms with Gasteiger partial charge in [0.1, 0.15) is 16.5 Å². The van der Waals surface area contributed by atoms with Gasteiger partial charge < -0.3 is 14.5 Å². The van der Waals surface area contributed by atoms with Crippen molar-refractivity contribution >= 4 is 60.3 Å². The van der Waals surface area contributed by atoms with Crippen LogP contribution in [0.15, 0.2) is 48.9 Å². The molecule has 1 atom stereocenters. The van der Waals surface area contributed by atoms with Crippen molar-refractivity contribution in [2.45, 2.75) is 46.6 Å². The number of carbonyl (C=O) groups is 1. The quantitative estimate of drug-likeness (QED) is 0.292. The van der Waals surface area contributed by atoms with E-state index in [0.717, 1.165) is 55.8 Å². The lowest BCUT2D eigenvalue weighted by Gasteiger charge is -2.33. The Kier molecular flexibility index (Phi) is 7.69. The minimum absolute atomic E-state index is 0.104. The van der Waals surface area contributed by atoms with Crippen molar-refractivity contribution in [2.75, 3.05) is 7.11 Å². The average molecular weight is 608 g/mol. The smallest absolute Gasteiger partial charge is 0.255 e. The number of fused-ring (bicyclic) bond motifs is 1. The number of nitrogens with one attached hydrogen (secondary N) is 1. The van der Waals surface area contributed by atoms with Gasteiger partial charge >= 0.3 is 0 Å². The van der Waals surface area contributed by atoms with Crippen molar-refractivity contribution in [3.63, 3.8) is 0 Å². The van der Waals surface area contributed by atoms with Gasteiger partial charge in [0, 0.05) is 11.1 Å². The molecule has 3 aromatic rings. The van der Waals surface area contributed by atoms with Crippen molar-refractivity contribution in [2.24, 2.45) is 16.3 Å². The molecule has 0 unspecified atom stereocenters. The number of hydrogen-bond donors (Lipinski definition) is 1. The molecular weight excluding hydrogens is 580 g/mol. The summed E-state index contributed by atoms with van der Waals surface area (Å²) in [6.07, 6.45) is 6.37. The zero-order valence-corrected chi connectivity index (χ0v) is 23.7. The number of rotatable bonds is 6. The first kappa shape index (κ1) is 25.2. The fraction of sp³-hybridized carbons (Fsp3) is 0.385. The summed E-state index contributed by atoms with van der Waals surface area (Å²) in [6.45, 7) is 7.24. The predicted octanol–water partition coefficient (Wildman–Crippen LogP) is 7.71. The summed E-state index contributed by atoms with van der Waals surface area (Å²) in [5.41, 5.74) is 2.98. The molecule has 2 heterocycles. The maximum atomic E-state index is 13.3. The van der Waals surface area contributed by atoms with E-state index in [-0.39, 0.29) is 11.3 Å². The van der Waals surface area contributed by atoms with Crippen molar-refractivity contribution < 1.29 is 13.9 Å². The summed E-state index contributed by atoms with van der Waals surface area (Å²) in [4.78, 5) is 19.4. The number of benzene rings is 1. The van der Waals surface area contributed by atoms with Crippen molar-refractivity contribution in [3.05, 3.63) is 66.8 Å². The van der Waals surface area contributed by atoms with Crippen LogP contribution in [0.4, 0.5) is 5.00 Å². The average Bonchev–Trinajstić information content (AvgIpc) is 3.42. The molecule has 0 fully saturated rings. The summed E-state index contributed by atoms with van der Waals surface area (Å²) >= 11 is 8.73. The monoisotopic (exact) mass is 606 g/mol. The molecule has 1 aliphatic rings. The van der Waals surface area contributed by atoms with Crippen LogP contribution in [0.3, 0.4) is 0 Å². The fourth-order valence-electron chi connectivity index (χ4n) is 4.29. The van der Waals surface area contributed by atoms with E-state index >= 15 is 0 Å². The summed E-state index contributed by atoms with van der Waals surface area (Å²) in [5.74, 6) is 1.94. The SMILES string of the molecule is COc1c(Br)cc(C=Nc2sc3c(c2C(=O)NCc2ccco2)CC[C@@H](C(C)(C)C)C3)cc1Br. The molecule has 0 saturated carbocycles. The molecule has 180 valence electrons. The first-order chi connectivity index (χ1) is 16.2. The highest BCUT2D eigenvalue weighted by Crippen LogP contribution is 2.45. The number of amides is 1. The van der Waals surface area contributed by atoms with E-state index in [1.165, 1.54) is 4.88 Å². The lowest BCUT2D eigenvalue weighted by atomic mass is 9.72. The highest BCUT2D eigenvalue weighted by Gasteiger charge is 2.33. The lowest BCUT2D eigenvalue weighted by molar-refractivity contribution is 0.0947. The molecule has 0 aliphatic heterocycles. The maximum absolute atomic E-state index is 13.3. The van der Waals surface area contributed by atoms with Crippen LogP contribution in [0.1, 0.15) is 59.3 Å². The summed E-state index contributed by atoms with van der Waals surface area (Å²) in [6, 6.07) is 7.58. The minimum atomic E-state index is -0.104. The first-order valence-corrected chi connectivity index (χ1v) is 13.6. The van der Waals surface area contributed by atoms with E-state index in [0.29, 0.717) is 18.0 Å². The van der Waals surface area contributed by atoms with E-state index in [1.807, 2.05) is 24.3 Å². The Bertz CT molecular complexity index is 1190. The number of furan rings is 1. The fourth-order valence-corrected chi connectivity index (χ4v) is 7.10. The lowest BCUT2D eigenvalue weighted by Crippen LogP contribution is -2.28. The Morgan fingerprint density at radius 1 is 1.32 bits per heavy atom. The highest BCUT2D eigenvalue weighted by atomic mass is 79.9. The number of nitrogens with zero attached hydrogens (tertiary/aromatic N) is 1. The molecule has 0 saturated heterocycles. The van der Waals surface area contributed by atoms with Gasteiger partial charge in [-0.3, -0.25) is 4.79 Å². The van der Waals surface area contributed by atoms with Crippen molar-refractivity contribution in [3.8, 4) is 5.75 Å².